The summed E-state index contributed by atoms with van der Waals surface area (Å²) in [6, 6.07) is 2.05. The second-order valence-electron chi connectivity index (χ2n) is 5.64. The van der Waals surface area contributed by atoms with Gasteiger partial charge in [0.1, 0.15) is 11.3 Å². The Hall–Kier alpha value is -1.95. The van der Waals surface area contributed by atoms with Gasteiger partial charge in [-0.2, -0.15) is 0 Å². The predicted molar refractivity (Wildman–Crippen MR) is 80.9 cm³/mol. The number of amides is 1. The van der Waals surface area contributed by atoms with E-state index in [4.69, 9.17) is 10.7 Å². The molecule has 0 saturated heterocycles. The van der Waals surface area contributed by atoms with E-state index >= 15 is 0 Å². The summed E-state index contributed by atoms with van der Waals surface area (Å²) in [6.45, 7) is 3.63. The Labute approximate surface area is 123 Å². The Bertz CT molecular complexity index is 659. The molecule has 3 N–H and O–H groups in total. The number of carbonyl (C=O) groups excluding carboxylic acids is 1. The Morgan fingerprint density at radius 3 is 3.05 bits per heavy atom. The molecule has 112 valence electrons. The molecule has 1 amide bonds. The molecule has 0 atom stereocenters. The van der Waals surface area contributed by atoms with Crippen LogP contribution < -0.4 is 11.1 Å². The van der Waals surface area contributed by atoms with Crippen LogP contribution in [0, 0.1) is 6.92 Å². The molecule has 1 aliphatic carbocycles. The second-order valence-corrected chi connectivity index (χ2v) is 5.64. The number of nitrogens with zero attached hydrogens (tertiary/aromatic N) is 3. The van der Waals surface area contributed by atoms with Crippen LogP contribution in [0.2, 0.25) is 0 Å². The van der Waals surface area contributed by atoms with E-state index in [1.54, 1.807) is 0 Å². The average Bonchev–Trinajstić information content (AvgIpc) is 3.25. The fraction of sp³-hybridized carbons (Fsp3) is 0.533. The molecule has 1 fully saturated rings. The maximum Gasteiger partial charge on any atom is 0.221 e. The van der Waals surface area contributed by atoms with E-state index in [1.807, 2.05) is 13.1 Å². The molecule has 1 aliphatic rings. The molecule has 2 aromatic heterocycles. The van der Waals surface area contributed by atoms with Gasteiger partial charge in [-0.25, -0.2) is 9.97 Å². The average molecular weight is 287 g/mol. The van der Waals surface area contributed by atoms with Crippen molar-refractivity contribution in [1.29, 1.82) is 0 Å². The van der Waals surface area contributed by atoms with Gasteiger partial charge in [-0.05, 0) is 31.4 Å². The van der Waals surface area contributed by atoms with Gasteiger partial charge in [-0.3, -0.25) is 4.79 Å². The molecule has 0 radical (unpaired) electrons. The summed E-state index contributed by atoms with van der Waals surface area (Å²) in [5, 5.41) is 2.80. The summed E-state index contributed by atoms with van der Waals surface area (Å²) in [4.78, 5) is 21.0. The van der Waals surface area contributed by atoms with E-state index < -0.39 is 0 Å². The highest BCUT2D eigenvalue weighted by Gasteiger charge is 2.30. The van der Waals surface area contributed by atoms with Gasteiger partial charge < -0.3 is 15.6 Å². The van der Waals surface area contributed by atoms with Crippen molar-refractivity contribution in [3.05, 3.63) is 23.7 Å². The highest BCUT2D eigenvalue weighted by molar-refractivity contribution is 5.76. The molecule has 0 bridgehead atoms. The number of aryl methyl sites for hydroxylation is 2. The third kappa shape index (κ3) is 3.05. The molecular formula is C15H21N5O. The number of pyridine rings is 1. The minimum atomic E-state index is 0.0242. The van der Waals surface area contributed by atoms with Crippen LogP contribution >= 0.6 is 0 Å². The maximum atomic E-state index is 11.8. The number of rotatable bonds is 6. The highest BCUT2D eigenvalue weighted by Crippen LogP contribution is 2.40. The van der Waals surface area contributed by atoms with Crippen molar-refractivity contribution in [2.45, 2.75) is 38.6 Å². The third-order valence-corrected chi connectivity index (χ3v) is 3.72. The van der Waals surface area contributed by atoms with Gasteiger partial charge in [-0.15, -0.1) is 0 Å². The number of hydrogen-bond acceptors (Lipinski definition) is 4. The van der Waals surface area contributed by atoms with Gasteiger partial charge in [0.15, 0.2) is 5.65 Å². The normalized spacial score (nSPS) is 14.6. The first-order chi connectivity index (χ1) is 10.2. The lowest BCUT2D eigenvalue weighted by molar-refractivity contribution is -0.121. The van der Waals surface area contributed by atoms with Crippen molar-refractivity contribution in [2.75, 3.05) is 13.1 Å². The van der Waals surface area contributed by atoms with Crippen LogP contribution in [-0.2, 0) is 11.3 Å². The van der Waals surface area contributed by atoms with Gasteiger partial charge in [0.2, 0.25) is 5.91 Å². The topological polar surface area (TPSA) is 85.8 Å². The molecule has 0 aromatic carbocycles. The number of aromatic nitrogens is 3. The maximum absolute atomic E-state index is 11.8. The molecule has 0 aliphatic heterocycles. The number of nitrogens with two attached hydrogens (primary N) is 1. The van der Waals surface area contributed by atoms with Gasteiger partial charge in [0, 0.05) is 38.2 Å². The lowest BCUT2D eigenvalue weighted by atomic mass is 10.3. The summed E-state index contributed by atoms with van der Waals surface area (Å²) >= 11 is 0. The van der Waals surface area contributed by atoms with Crippen molar-refractivity contribution in [2.24, 2.45) is 5.73 Å². The number of hydrogen-bond donors (Lipinski definition) is 2. The fourth-order valence-corrected chi connectivity index (χ4v) is 2.52. The number of fused-ring (bicyclic) bond motifs is 1. The van der Waals surface area contributed by atoms with Gasteiger partial charge in [-0.1, -0.05) is 0 Å². The van der Waals surface area contributed by atoms with Crippen molar-refractivity contribution < 1.29 is 4.79 Å². The smallest absolute Gasteiger partial charge is 0.221 e. The molecule has 0 spiro atoms. The number of nitrogens with one attached hydrogen (secondary N) is 1. The fourth-order valence-electron chi connectivity index (χ4n) is 2.52. The summed E-state index contributed by atoms with van der Waals surface area (Å²) in [7, 11) is 0. The second kappa shape index (κ2) is 5.81. The van der Waals surface area contributed by atoms with Crippen LogP contribution in [0.3, 0.4) is 0 Å². The zero-order valence-corrected chi connectivity index (χ0v) is 12.3. The van der Waals surface area contributed by atoms with Crippen molar-refractivity contribution in [1.82, 2.24) is 19.9 Å². The molecule has 2 heterocycles. The molecule has 1 saturated carbocycles. The molecule has 2 aromatic rings. The summed E-state index contributed by atoms with van der Waals surface area (Å²) in [5.41, 5.74) is 8.31. The van der Waals surface area contributed by atoms with Crippen LogP contribution in [0.15, 0.2) is 12.3 Å². The zero-order valence-electron chi connectivity index (χ0n) is 12.3. The first-order valence-electron chi connectivity index (χ1n) is 7.48. The molecule has 21 heavy (non-hydrogen) atoms. The van der Waals surface area contributed by atoms with Crippen molar-refractivity contribution in [3.8, 4) is 0 Å². The Balaban J connectivity index is 1.82. The first kappa shape index (κ1) is 14.0. The van der Waals surface area contributed by atoms with Crippen LogP contribution in [0.25, 0.3) is 11.2 Å². The highest BCUT2D eigenvalue weighted by atomic mass is 16.1. The van der Waals surface area contributed by atoms with Gasteiger partial charge in [0.25, 0.3) is 0 Å². The van der Waals surface area contributed by atoms with E-state index in [-0.39, 0.29) is 5.91 Å². The van der Waals surface area contributed by atoms with Crippen molar-refractivity contribution >= 4 is 17.1 Å². The minimum Gasteiger partial charge on any atom is -0.355 e. The summed E-state index contributed by atoms with van der Waals surface area (Å²) < 4.78 is 2.11. The molecule has 6 heteroatoms. The Kier molecular flexibility index (Phi) is 3.88. The number of carbonyl (C=O) groups is 1. The first-order valence-corrected chi connectivity index (χ1v) is 7.48. The SMILES string of the molecule is Cc1cnc2c(c1)nc(C1CC1)n2CCC(=O)NCCN. The molecule has 0 unspecified atom stereocenters. The van der Waals surface area contributed by atoms with Crippen LogP contribution in [0.1, 0.15) is 36.6 Å². The monoisotopic (exact) mass is 287 g/mol. The molecule has 3 rings (SSSR count). The summed E-state index contributed by atoms with van der Waals surface area (Å²) in [5.74, 6) is 1.64. The van der Waals surface area contributed by atoms with E-state index in [0.29, 0.717) is 32.0 Å². The Morgan fingerprint density at radius 1 is 1.52 bits per heavy atom. The van der Waals surface area contributed by atoms with Crippen LogP contribution in [0.5, 0.6) is 0 Å². The lowest BCUT2D eigenvalue weighted by Crippen LogP contribution is -2.29. The minimum absolute atomic E-state index is 0.0242. The standard InChI is InChI=1S/C15H21N5O/c1-10-8-12-15(18-9-10)20(14(19-12)11-2-3-11)7-4-13(21)17-6-5-16/h8-9,11H,2-7,16H2,1H3,(H,17,21). The van der Waals surface area contributed by atoms with Crippen LogP contribution in [-0.4, -0.2) is 33.5 Å². The Morgan fingerprint density at radius 2 is 2.33 bits per heavy atom. The van der Waals surface area contributed by atoms with Gasteiger partial charge in [0.05, 0.1) is 0 Å². The number of imidazole rings is 1. The van der Waals surface area contributed by atoms with Crippen molar-refractivity contribution in [3.63, 3.8) is 0 Å². The predicted octanol–water partition coefficient (Wildman–Crippen LogP) is 1.08. The summed E-state index contributed by atoms with van der Waals surface area (Å²) in [6.07, 6.45) is 4.65. The quantitative estimate of drug-likeness (QED) is 0.832. The van der Waals surface area contributed by atoms with Crippen LogP contribution in [0.4, 0.5) is 0 Å². The van der Waals surface area contributed by atoms with E-state index in [9.17, 15) is 4.79 Å². The molecular weight excluding hydrogens is 266 g/mol. The largest absolute Gasteiger partial charge is 0.355 e. The zero-order chi connectivity index (χ0) is 14.8. The van der Waals surface area contributed by atoms with E-state index in [1.165, 1.54) is 12.8 Å². The van der Waals surface area contributed by atoms with E-state index in [2.05, 4.69) is 20.9 Å². The van der Waals surface area contributed by atoms with Gasteiger partial charge >= 0.3 is 0 Å². The van der Waals surface area contributed by atoms with E-state index in [0.717, 1.165) is 22.6 Å². The lowest BCUT2D eigenvalue weighted by Gasteiger charge is -2.08. The molecule has 6 nitrogen and oxygen atoms in total. The third-order valence-electron chi connectivity index (χ3n) is 3.72.